The number of para-hydroxylation sites is 4. The molecule has 6 aromatic carbocycles. The van der Waals surface area contributed by atoms with Crippen molar-refractivity contribution in [1.29, 1.82) is 5.26 Å². The molecule has 12 rings (SSSR count). The first-order chi connectivity index (χ1) is 37.4. The van der Waals surface area contributed by atoms with Gasteiger partial charge in [-0.1, -0.05) is 140 Å². The van der Waals surface area contributed by atoms with E-state index in [0.717, 1.165) is 156 Å². The number of allylic oxidation sites excluding steroid dienone is 4. The van der Waals surface area contributed by atoms with Crippen molar-refractivity contribution in [2.75, 3.05) is 0 Å². The molecular formula is C70H60CoN6O2. The molecule has 0 N–H and O–H groups in total. The molecule has 0 fully saturated rings. The molecule has 0 saturated carbocycles. The van der Waals surface area contributed by atoms with Crippen LogP contribution in [0.25, 0.3) is 76.6 Å². The Labute approximate surface area is 472 Å². The Kier molecular flexibility index (Phi) is 14.0. The third-order valence-corrected chi connectivity index (χ3v) is 15.8. The maximum Gasteiger partial charge on any atom is 2.00 e. The molecule has 4 aromatic heterocycles. The first kappa shape index (κ1) is 53.7. The van der Waals surface area contributed by atoms with Crippen molar-refractivity contribution in [3.05, 3.63) is 233 Å². The zero-order valence-corrected chi connectivity index (χ0v) is 48.3. The fourth-order valence-electron chi connectivity index (χ4n) is 12.6. The second-order valence-electron chi connectivity index (χ2n) is 21.2. The molecular weight excluding hydrogens is 1020 g/mol. The van der Waals surface area contributed by atoms with Crippen molar-refractivity contribution < 1.29 is 25.6 Å². The summed E-state index contributed by atoms with van der Waals surface area (Å²) in [6.45, 7) is 36.8. The van der Waals surface area contributed by atoms with E-state index in [1.807, 2.05) is 64.1 Å². The van der Waals surface area contributed by atoms with Crippen molar-refractivity contribution in [3.8, 4) is 17.2 Å². The number of hydrogen-bond acceptors (Lipinski definition) is 5. The van der Waals surface area contributed by atoms with E-state index in [9.17, 15) is 5.26 Å². The molecule has 10 aromatic rings. The number of nitriles is 1. The molecule has 0 saturated heterocycles. The Hall–Kier alpha value is -8.73. The van der Waals surface area contributed by atoms with Crippen molar-refractivity contribution >= 4 is 77.7 Å². The van der Waals surface area contributed by atoms with Gasteiger partial charge in [0.05, 0.1) is 29.3 Å². The molecule has 79 heavy (non-hydrogen) atoms. The predicted molar refractivity (Wildman–Crippen MR) is 322 cm³/mol. The van der Waals surface area contributed by atoms with Gasteiger partial charge in [0, 0.05) is 44.0 Å². The van der Waals surface area contributed by atoms with Gasteiger partial charge in [0.15, 0.2) is 5.69 Å². The average molecular weight is 1080 g/mol. The molecule has 2 aliphatic rings. The molecule has 0 amide bonds. The summed E-state index contributed by atoms with van der Waals surface area (Å²) in [5.41, 5.74) is 31.2. The van der Waals surface area contributed by atoms with Gasteiger partial charge in [-0.3, -0.25) is 9.98 Å². The van der Waals surface area contributed by atoms with E-state index in [2.05, 4.69) is 153 Å². The number of aryl methyl sites for hydroxylation is 8. The van der Waals surface area contributed by atoms with E-state index in [-0.39, 0.29) is 16.8 Å². The van der Waals surface area contributed by atoms with Crippen LogP contribution in [-0.4, -0.2) is 11.4 Å². The monoisotopic (exact) mass is 1080 g/mol. The Bertz CT molecular complexity index is 4500. The Morgan fingerprint density at radius 2 is 0.962 bits per heavy atom. The molecule has 0 aliphatic carbocycles. The molecule has 1 radical (unpaired) electrons. The van der Waals surface area contributed by atoms with Crippen LogP contribution in [0.2, 0.25) is 0 Å². The Morgan fingerprint density at radius 1 is 0.519 bits per heavy atom. The average Bonchev–Trinajstić information content (AvgIpc) is 4.42. The van der Waals surface area contributed by atoms with E-state index in [1.165, 1.54) is 33.4 Å². The van der Waals surface area contributed by atoms with Crippen LogP contribution in [0, 0.1) is 87.1 Å². The number of hydrogen-bond donors (Lipinski definition) is 0. The summed E-state index contributed by atoms with van der Waals surface area (Å²) in [4.78, 5) is 24.1. The van der Waals surface area contributed by atoms with Gasteiger partial charge in [-0.05, 0) is 150 Å². The van der Waals surface area contributed by atoms with Crippen molar-refractivity contribution in [2.24, 2.45) is 9.98 Å². The van der Waals surface area contributed by atoms with Crippen molar-refractivity contribution in [3.63, 3.8) is 0 Å². The third kappa shape index (κ3) is 8.75. The largest absolute Gasteiger partial charge is 2.00 e. The molecule has 2 aliphatic heterocycles. The van der Waals surface area contributed by atoms with Gasteiger partial charge in [-0.2, -0.15) is 16.6 Å². The summed E-state index contributed by atoms with van der Waals surface area (Å²) in [5.74, 6) is 0. The molecule has 8 nitrogen and oxygen atoms in total. The van der Waals surface area contributed by atoms with E-state index in [4.69, 9.17) is 35.4 Å². The van der Waals surface area contributed by atoms with Gasteiger partial charge in [-0.25, -0.2) is 4.85 Å². The van der Waals surface area contributed by atoms with Crippen LogP contribution in [0.5, 0.6) is 0 Å². The van der Waals surface area contributed by atoms with Crippen LogP contribution >= 0.6 is 0 Å². The van der Waals surface area contributed by atoms with E-state index < -0.39 is 0 Å². The maximum atomic E-state index is 9.87. The molecule has 0 atom stereocenters. The predicted octanol–water partition coefficient (Wildman–Crippen LogP) is 18.2. The van der Waals surface area contributed by atoms with Crippen LogP contribution in [0.1, 0.15) is 112 Å². The Balaban J connectivity index is 0.000000176. The standard InChI is InChI=1S/2C35H30N3O.Co/c1-18-16-19(2)29(20(3)17-18)31(34-22(5)32(36-8)24(7)38-34)33-21(4)30(23(6)37-33)27-14-11-13-26-25-12-9-10-15-28(25)39-35(26)27;1-18-15-19(2)30(20(3)16-18)32(33-21(4)28(17-36)23(6)37-33)34-22(5)31(24(7)38-34)27-13-10-12-26-25-11-8-9-14-29(25)39-35(26)27;/h9-17H,1-7H3;8-16H,1-7H3;/q2*-1;+2/b33-31-;33-32-;. The zero-order valence-electron chi connectivity index (χ0n) is 47.2. The number of aromatic nitrogens is 2. The number of aliphatic imine (C=N–C) groups is 2. The van der Waals surface area contributed by atoms with E-state index in [1.54, 1.807) is 0 Å². The molecule has 391 valence electrons. The summed E-state index contributed by atoms with van der Waals surface area (Å²) in [6.07, 6.45) is 0. The quantitative estimate of drug-likeness (QED) is 0.154. The first-order valence-electron chi connectivity index (χ1n) is 26.5. The molecule has 6 heterocycles. The van der Waals surface area contributed by atoms with Gasteiger partial charge >= 0.3 is 16.8 Å². The van der Waals surface area contributed by atoms with Crippen molar-refractivity contribution in [2.45, 2.75) is 96.9 Å². The fraction of sp³-hybridized carbons (Fsp3) is 0.200. The van der Waals surface area contributed by atoms with Gasteiger partial charge in [0.25, 0.3) is 0 Å². The van der Waals surface area contributed by atoms with Gasteiger partial charge in [0.2, 0.25) is 0 Å². The molecule has 0 spiro atoms. The van der Waals surface area contributed by atoms with Crippen LogP contribution in [0.4, 0.5) is 5.69 Å². The third-order valence-electron chi connectivity index (χ3n) is 15.8. The summed E-state index contributed by atoms with van der Waals surface area (Å²) >= 11 is 0. The fourth-order valence-corrected chi connectivity index (χ4v) is 12.6. The first-order valence-corrected chi connectivity index (χ1v) is 26.5. The Morgan fingerprint density at radius 3 is 1.46 bits per heavy atom. The van der Waals surface area contributed by atoms with Crippen LogP contribution in [0.3, 0.4) is 0 Å². The van der Waals surface area contributed by atoms with E-state index >= 15 is 0 Å². The van der Waals surface area contributed by atoms with E-state index in [0.29, 0.717) is 11.3 Å². The number of nitrogens with zero attached hydrogens (tertiary/aromatic N) is 6. The summed E-state index contributed by atoms with van der Waals surface area (Å²) in [6, 6.07) is 40.2. The summed E-state index contributed by atoms with van der Waals surface area (Å²) < 4.78 is 12.8. The molecule has 0 unspecified atom stereocenters. The zero-order chi connectivity index (χ0) is 55.2. The number of furan rings is 2. The van der Waals surface area contributed by atoms with Crippen LogP contribution in [0.15, 0.2) is 156 Å². The minimum absolute atomic E-state index is 0. The van der Waals surface area contributed by atoms with Gasteiger partial charge < -0.3 is 18.8 Å². The number of rotatable bonds is 6. The number of benzene rings is 6. The normalized spacial score (nSPS) is 14.7. The molecule has 0 bridgehead atoms. The second kappa shape index (κ2) is 20.6. The topological polar surface area (TPSA) is 107 Å². The maximum absolute atomic E-state index is 9.87. The minimum atomic E-state index is 0. The summed E-state index contributed by atoms with van der Waals surface area (Å²) in [7, 11) is 0. The number of fused-ring (bicyclic) bond motifs is 6. The SMILES string of the molecule is CC1=N/C(=C(\c2[n-]c(C)c(-c3cccc4c3oc3ccccc34)c2C)c2c(C)cc(C)cc2C)C(C)=C1C#N.[C-]#[N+]c1c(C)[n-]c(/C(=C2\N=C(C)C(c3cccc4c3oc3ccccc34)=C2C)c2c(C)cc(C)cc2C)c1C.[Co+2]. The minimum Gasteiger partial charge on any atom is -0.671 e. The smallest absolute Gasteiger partial charge is 0.671 e. The second-order valence-corrected chi connectivity index (χ2v) is 21.2. The van der Waals surface area contributed by atoms with Gasteiger partial charge in [-0.15, -0.1) is 11.4 Å². The van der Waals surface area contributed by atoms with Gasteiger partial charge in [0.1, 0.15) is 28.4 Å². The van der Waals surface area contributed by atoms with Crippen LogP contribution < -0.4 is 9.97 Å². The molecule has 9 heteroatoms. The van der Waals surface area contributed by atoms with Crippen LogP contribution in [-0.2, 0) is 16.8 Å². The summed E-state index contributed by atoms with van der Waals surface area (Å²) in [5, 5.41) is 14.3. The van der Waals surface area contributed by atoms with Crippen molar-refractivity contribution in [1.82, 2.24) is 9.97 Å².